The highest BCUT2D eigenvalue weighted by molar-refractivity contribution is 5.79. The average Bonchev–Trinajstić information content (AvgIpc) is 3.18. The van der Waals surface area contributed by atoms with Crippen LogP contribution in [0, 0.1) is 19.8 Å². The van der Waals surface area contributed by atoms with E-state index in [-0.39, 0.29) is 11.8 Å². The Balaban J connectivity index is 1.42. The van der Waals surface area contributed by atoms with Crippen molar-refractivity contribution in [2.24, 2.45) is 5.92 Å². The molecule has 150 valence electrons. The van der Waals surface area contributed by atoms with E-state index in [1.54, 1.807) is 6.20 Å². The minimum Gasteiger partial charge on any atom is -0.465 e. The van der Waals surface area contributed by atoms with Crippen molar-refractivity contribution in [3.05, 3.63) is 65.7 Å². The van der Waals surface area contributed by atoms with Crippen LogP contribution >= 0.6 is 0 Å². The molecule has 0 aliphatic carbocycles. The molecule has 6 heteroatoms. The van der Waals surface area contributed by atoms with Crippen molar-refractivity contribution in [1.82, 2.24) is 15.3 Å². The zero-order valence-electron chi connectivity index (χ0n) is 16.9. The molecule has 0 unspecified atom stereocenters. The summed E-state index contributed by atoms with van der Waals surface area (Å²) in [5.41, 5.74) is 2.21. The highest BCUT2D eigenvalue weighted by Crippen LogP contribution is 2.24. The number of amides is 1. The topological polar surface area (TPSA) is 71.3 Å². The van der Waals surface area contributed by atoms with Gasteiger partial charge in [-0.05, 0) is 44.9 Å². The second-order valence-corrected chi connectivity index (χ2v) is 7.62. The number of carbonyl (C=O) groups excluding carboxylic acids is 1. The Morgan fingerprint density at radius 2 is 2.00 bits per heavy atom. The number of anilines is 1. The number of rotatable bonds is 5. The van der Waals surface area contributed by atoms with Crippen LogP contribution in [0.25, 0.3) is 11.4 Å². The van der Waals surface area contributed by atoms with E-state index in [2.05, 4.69) is 34.3 Å². The fourth-order valence-corrected chi connectivity index (χ4v) is 3.66. The molecule has 1 aromatic carbocycles. The predicted molar refractivity (Wildman–Crippen MR) is 112 cm³/mol. The molecule has 1 aliphatic rings. The lowest BCUT2D eigenvalue weighted by atomic mass is 9.97. The zero-order chi connectivity index (χ0) is 20.2. The van der Waals surface area contributed by atoms with Crippen molar-refractivity contribution in [3.8, 4) is 11.4 Å². The van der Waals surface area contributed by atoms with E-state index >= 15 is 0 Å². The predicted octanol–water partition coefficient (Wildman–Crippen LogP) is 3.89. The first-order valence-electron chi connectivity index (χ1n) is 10.1. The molecule has 0 bridgehead atoms. The lowest BCUT2D eigenvalue weighted by molar-refractivity contribution is -0.125. The third-order valence-corrected chi connectivity index (χ3v) is 5.30. The molecule has 0 saturated carbocycles. The van der Waals surface area contributed by atoms with E-state index in [0.29, 0.717) is 18.9 Å². The molecule has 29 heavy (non-hydrogen) atoms. The summed E-state index contributed by atoms with van der Waals surface area (Å²) in [6.07, 6.45) is 3.64. The molecule has 0 radical (unpaired) electrons. The van der Waals surface area contributed by atoms with Crippen molar-refractivity contribution in [2.75, 3.05) is 18.0 Å². The van der Waals surface area contributed by atoms with E-state index in [9.17, 15) is 4.79 Å². The summed E-state index contributed by atoms with van der Waals surface area (Å²) >= 11 is 0. The normalized spacial score (nSPS) is 16.6. The van der Waals surface area contributed by atoms with Gasteiger partial charge in [0.25, 0.3) is 0 Å². The number of aryl methyl sites for hydroxylation is 2. The second kappa shape index (κ2) is 8.47. The summed E-state index contributed by atoms with van der Waals surface area (Å²) in [5, 5.41) is 3.00. The van der Waals surface area contributed by atoms with Crippen molar-refractivity contribution < 1.29 is 9.21 Å². The standard InChI is InChI=1S/C23H26N4O2/c1-16-5-8-18(9-6-16)22-24-12-11-21(26-22)27-13-3-4-19(15-27)23(28)25-14-20-10-7-17(2)29-20/h5-12,19H,3-4,13-15H2,1-2H3,(H,25,28)/t19-/m0/s1. The molecule has 2 aromatic heterocycles. The zero-order valence-corrected chi connectivity index (χ0v) is 16.9. The summed E-state index contributed by atoms with van der Waals surface area (Å²) in [6.45, 7) is 5.94. The number of hydrogen-bond donors (Lipinski definition) is 1. The first-order valence-corrected chi connectivity index (χ1v) is 10.1. The van der Waals surface area contributed by atoms with Crippen LogP contribution in [0.5, 0.6) is 0 Å². The van der Waals surface area contributed by atoms with Gasteiger partial charge in [0.1, 0.15) is 17.3 Å². The molecule has 1 N–H and O–H groups in total. The Bertz CT molecular complexity index is 981. The molecular formula is C23H26N4O2. The first-order chi connectivity index (χ1) is 14.1. The highest BCUT2D eigenvalue weighted by atomic mass is 16.3. The summed E-state index contributed by atoms with van der Waals surface area (Å²) in [7, 11) is 0. The van der Waals surface area contributed by atoms with Gasteiger partial charge < -0.3 is 14.6 Å². The van der Waals surface area contributed by atoms with Gasteiger partial charge in [0.05, 0.1) is 12.5 Å². The monoisotopic (exact) mass is 390 g/mol. The maximum atomic E-state index is 12.7. The fraction of sp³-hybridized carbons (Fsp3) is 0.348. The summed E-state index contributed by atoms with van der Waals surface area (Å²) < 4.78 is 5.53. The van der Waals surface area contributed by atoms with Gasteiger partial charge in [-0.1, -0.05) is 29.8 Å². The number of carbonyl (C=O) groups is 1. The molecule has 6 nitrogen and oxygen atoms in total. The molecule has 1 saturated heterocycles. The number of piperidine rings is 1. The lowest BCUT2D eigenvalue weighted by Crippen LogP contribution is -2.43. The molecule has 4 rings (SSSR count). The van der Waals surface area contributed by atoms with Gasteiger partial charge in [-0.2, -0.15) is 0 Å². The molecule has 1 fully saturated rings. The van der Waals surface area contributed by atoms with Gasteiger partial charge in [-0.3, -0.25) is 4.79 Å². The van der Waals surface area contributed by atoms with Crippen LogP contribution in [0.1, 0.15) is 29.9 Å². The van der Waals surface area contributed by atoms with Gasteiger partial charge in [-0.15, -0.1) is 0 Å². The van der Waals surface area contributed by atoms with Crippen molar-refractivity contribution in [1.29, 1.82) is 0 Å². The van der Waals surface area contributed by atoms with E-state index in [0.717, 1.165) is 42.3 Å². The number of nitrogens with one attached hydrogen (secondary N) is 1. The van der Waals surface area contributed by atoms with E-state index in [1.165, 1.54) is 5.56 Å². The number of nitrogens with zero attached hydrogens (tertiary/aromatic N) is 3. The van der Waals surface area contributed by atoms with Gasteiger partial charge in [0, 0.05) is 24.8 Å². The molecule has 1 aliphatic heterocycles. The van der Waals surface area contributed by atoms with Crippen molar-refractivity contribution in [3.63, 3.8) is 0 Å². The van der Waals surface area contributed by atoms with Crippen molar-refractivity contribution in [2.45, 2.75) is 33.2 Å². The van der Waals surface area contributed by atoms with Crippen LogP contribution in [0.15, 0.2) is 53.1 Å². The molecule has 3 heterocycles. The minimum absolute atomic E-state index is 0.0578. The van der Waals surface area contributed by atoms with Gasteiger partial charge in [0.15, 0.2) is 5.82 Å². The Kier molecular flexibility index (Phi) is 5.60. The van der Waals surface area contributed by atoms with Crippen LogP contribution in [-0.2, 0) is 11.3 Å². The summed E-state index contributed by atoms with van der Waals surface area (Å²) in [4.78, 5) is 24.0. The third kappa shape index (κ3) is 4.65. The van der Waals surface area contributed by atoms with Gasteiger partial charge in [-0.25, -0.2) is 9.97 Å². The van der Waals surface area contributed by atoms with E-state index in [1.807, 2.05) is 37.3 Å². The highest BCUT2D eigenvalue weighted by Gasteiger charge is 2.26. The number of benzene rings is 1. The van der Waals surface area contributed by atoms with E-state index < -0.39 is 0 Å². The van der Waals surface area contributed by atoms with Crippen LogP contribution in [-0.4, -0.2) is 29.0 Å². The van der Waals surface area contributed by atoms with Crippen LogP contribution in [0.2, 0.25) is 0 Å². The minimum atomic E-state index is -0.0578. The first kappa shape index (κ1) is 19.2. The van der Waals surface area contributed by atoms with Gasteiger partial charge >= 0.3 is 0 Å². The maximum Gasteiger partial charge on any atom is 0.225 e. The Labute approximate surface area is 171 Å². The Hall–Kier alpha value is -3.15. The smallest absolute Gasteiger partial charge is 0.225 e. The van der Waals surface area contributed by atoms with Crippen LogP contribution < -0.4 is 10.2 Å². The third-order valence-electron chi connectivity index (χ3n) is 5.30. The quantitative estimate of drug-likeness (QED) is 0.716. The number of furan rings is 1. The fourth-order valence-electron chi connectivity index (χ4n) is 3.66. The van der Waals surface area contributed by atoms with Crippen LogP contribution in [0.4, 0.5) is 5.82 Å². The molecular weight excluding hydrogens is 364 g/mol. The SMILES string of the molecule is Cc1ccc(-c2nccc(N3CCC[C@H](C(=O)NCc4ccc(C)o4)C3)n2)cc1. The molecule has 1 amide bonds. The number of hydrogen-bond acceptors (Lipinski definition) is 5. The summed E-state index contributed by atoms with van der Waals surface area (Å²) in [5.74, 6) is 3.22. The Morgan fingerprint density at radius 1 is 1.17 bits per heavy atom. The van der Waals surface area contributed by atoms with E-state index in [4.69, 9.17) is 9.40 Å². The number of aromatic nitrogens is 2. The Morgan fingerprint density at radius 3 is 2.76 bits per heavy atom. The molecule has 1 atom stereocenters. The lowest BCUT2D eigenvalue weighted by Gasteiger charge is -2.32. The summed E-state index contributed by atoms with van der Waals surface area (Å²) in [6, 6.07) is 13.9. The van der Waals surface area contributed by atoms with Crippen LogP contribution in [0.3, 0.4) is 0 Å². The van der Waals surface area contributed by atoms with Gasteiger partial charge in [0.2, 0.25) is 5.91 Å². The largest absolute Gasteiger partial charge is 0.465 e. The second-order valence-electron chi connectivity index (χ2n) is 7.62. The van der Waals surface area contributed by atoms with Crippen molar-refractivity contribution >= 4 is 11.7 Å². The molecule has 0 spiro atoms. The maximum absolute atomic E-state index is 12.7. The average molecular weight is 390 g/mol. The molecule has 3 aromatic rings.